The molecular weight excluding hydrogens is 276 g/mol. The van der Waals surface area contributed by atoms with Gasteiger partial charge in [0, 0.05) is 26.9 Å². The SMILES string of the molecule is CCc1cccc2c(Sc3ccccc3CCN)c[nH]c12. The number of benzene rings is 2. The quantitative estimate of drug-likeness (QED) is 0.733. The molecule has 2 nitrogen and oxygen atoms in total. The number of aromatic amines is 1. The Hall–Kier alpha value is -1.71. The normalized spacial score (nSPS) is 11.1. The van der Waals surface area contributed by atoms with Gasteiger partial charge in [0.25, 0.3) is 0 Å². The van der Waals surface area contributed by atoms with Crippen molar-refractivity contribution in [2.75, 3.05) is 6.54 Å². The van der Waals surface area contributed by atoms with Gasteiger partial charge in [-0.25, -0.2) is 0 Å². The maximum Gasteiger partial charge on any atom is 0.0498 e. The van der Waals surface area contributed by atoms with Crippen LogP contribution in [-0.2, 0) is 12.8 Å². The van der Waals surface area contributed by atoms with Gasteiger partial charge in [-0.1, -0.05) is 55.1 Å². The number of aromatic nitrogens is 1. The van der Waals surface area contributed by atoms with Crippen LogP contribution in [0.2, 0.25) is 0 Å². The molecule has 0 atom stereocenters. The van der Waals surface area contributed by atoms with Crippen LogP contribution in [0.3, 0.4) is 0 Å². The minimum Gasteiger partial charge on any atom is -0.360 e. The molecule has 0 aliphatic carbocycles. The van der Waals surface area contributed by atoms with E-state index < -0.39 is 0 Å². The van der Waals surface area contributed by atoms with Crippen molar-refractivity contribution < 1.29 is 0 Å². The molecule has 108 valence electrons. The number of hydrogen-bond acceptors (Lipinski definition) is 2. The van der Waals surface area contributed by atoms with Gasteiger partial charge in [0.1, 0.15) is 0 Å². The summed E-state index contributed by atoms with van der Waals surface area (Å²) in [5.41, 5.74) is 9.67. The second-order valence-electron chi connectivity index (χ2n) is 5.09. The Bertz CT molecular complexity index is 746. The Morgan fingerprint density at radius 1 is 1.00 bits per heavy atom. The summed E-state index contributed by atoms with van der Waals surface area (Å²) in [5, 5.41) is 1.31. The second kappa shape index (κ2) is 6.37. The Morgan fingerprint density at radius 3 is 2.62 bits per heavy atom. The minimum absolute atomic E-state index is 0.686. The molecule has 0 spiro atoms. The van der Waals surface area contributed by atoms with Crippen molar-refractivity contribution in [2.24, 2.45) is 5.73 Å². The second-order valence-corrected chi connectivity index (χ2v) is 6.18. The average Bonchev–Trinajstić information content (AvgIpc) is 2.93. The van der Waals surface area contributed by atoms with Gasteiger partial charge in [-0.05, 0) is 36.6 Å². The van der Waals surface area contributed by atoms with Crippen LogP contribution in [0, 0.1) is 0 Å². The first-order valence-corrected chi connectivity index (χ1v) is 8.20. The summed E-state index contributed by atoms with van der Waals surface area (Å²) in [4.78, 5) is 6.01. The Morgan fingerprint density at radius 2 is 1.81 bits per heavy atom. The maximum absolute atomic E-state index is 5.72. The van der Waals surface area contributed by atoms with Crippen LogP contribution in [-0.4, -0.2) is 11.5 Å². The number of aryl methyl sites for hydroxylation is 1. The lowest BCUT2D eigenvalue weighted by atomic mass is 10.1. The van der Waals surface area contributed by atoms with Gasteiger partial charge in [0.2, 0.25) is 0 Å². The molecule has 0 aliphatic heterocycles. The van der Waals surface area contributed by atoms with Crippen LogP contribution < -0.4 is 5.73 Å². The summed E-state index contributed by atoms with van der Waals surface area (Å²) in [6.45, 7) is 2.88. The predicted octanol–water partition coefficient (Wildman–Crippen LogP) is 4.38. The summed E-state index contributed by atoms with van der Waals surface area (Å²) in [6, 6.07) is 15.0. The molecule has 0 fully saturated rings. The molecule has 0 saturated carbocycles. The molecule has 3 N–H and O–H groups in total. The molecule has 3 rings (SSSR count). The molecule has 0 amide bonds. The number of nitrogens with one attached hydrogen (secondary N) is 1. The lowest BCUT2D eigenvalue weighted by Crippen LogP contribution is -2.03. The number of nitrogens with two attached hydrogens (primary N) is 1. The summed E-state index contributed by atoms with van der Waals surface area (Å²) in [6.07, 6.45) is 4.09. The third kappa shape index (κ3) is 2.85. The summed E-state index contributed by atoms with van der Waals surface area (Å²) in [5.74, 6) is 0. The van der Waals surface area contributed by atoms with Crippen LogP contribution in [0.25, 0.3) is 10.9 Å². The molecule has 0 aliphatic rings. The Kier molecular flexibility index (Phi) is 4.32. The van der Waals surface area contributed by atoms with Crippen molar-refractivity contribution in [3.8, 4) is 0 Å². The number of rotatable bonds is 5. The van der Waals surface area contributed by atoms with E-state index in [1.54, 1.807) is 0 Å². The molecular formula is C18H20N2S. The van der Waals surface area contributed by atoms with Crippen LogP contribution >= 0.6 is 11.8 Å². The summed E-state index contributed by atoms with van der Waals surface area (Å²) < 4.78 is 0. The van der Waals surface area contributed by atoms with Crippen LogP contribution in [0.15, 0.2) is 58.5 Å². The molecule has 3 heteroatoms. The van der Waals surface area contributed by atoms with Gasteiger partial charge < -0.3 is 10.7 Å². The molecule has 0 unspecified atom stereocenters. The van der Waals surface area contributed by atoms with Gasteiger partial charge in [-0.15, -0.1) is 0 Å². The van der Waals surface area contributed by atoms with Gasteiger partial charge in [0.05, 0.1) is 0 Å². The third-order valence-corrected chi connectivity index (χ3v) is 4.93. The van der Waals surface area contributed by atoms with Crippen molar-refractivity contribution >= 4 is 22.7 Å². The molecule has 2 aromatic carbocycles. The number of para-hydroxylation sites is 1. The van der Waals surface area contributed by atoms with E-state index in [9.17, 15) is 0 Å². The average molecular weight is 296 g/mol. The van der Waals surface area contributed by atoms with Crippen LogP contribution in [0.5, 0.6) is 0 Å². The summed E-state index contributed by atoms with van der Waals surface area (Å²) >= 11 is 1.82. The zero-order valence-electron chi connectivity index (χ0n) is 12.2. The number of hydrogen-bond donors (Lipinski definition) is 2. The zero-order chi connectivity index (χ0) is 14.7. The van der Waals surface area contributed by atoms with E-state index in [1.807, 2.05) is 11.8 Å². The fraction of sp³-hybridized carbons (Fsp3) is 0.222. The minimum atomic E-state index is 0.686. The smallest absolute Gasteiger partial charge is 0.0498 e. The Labute approximate surface area is 129 Å². The molecule has 0 saturated heterocycles. The lowest BCUT2D eigenvalue weighted by molar-refractivity contribution is 0.944. The highest BCUT2D eigenvalue weighted by Crippen LogP contribution is 2.36. The van der Waals surface area contributed by atoms with Crippen LogP contribution in [0.1, 0.15) is 18.1 Å². The van der Waals surface area contributed by atoms with Crippen molar-refractivity contribution in [1.82, 2.24) is 4.98 Å². The van der Waals surface area contributed by atoms with Gasteiger partial charge in [-0.2, -0.15) is 0 Å². The van der Waals surface area contributed by atoms with E-state index in [-0.39, 0.29) is 0 Å². The standard InChI is InChI=1S/C18H20N2S/c1-2-13-7-5-8-15-17(12-20-18(13)15)21-16-9-4-3-6-14(16)10-11-19/h3-9,12,20H,2,10-11,19H2,1H3. The van der Waals surface area contributed by atoms with Gasteiger partial charge >= 0.3 is 0 Å². The largest absolute Gasteiger partial charge is 0.360 e. The highest BCUT2D eigenvalue weighted by molar-refractivity contribution is 7.99. The fourth-order valence-corrected chi connectivity index (χ4v) is 3.74. The topological polar surface area (TPSA) is 41.8 Å². The third-order valence-electron chi connectivity index (χ3n) is 3.75. The predicted molar refractivity (Wildman–Crippen MR) is 91.0 cm³/mol. The highest BCUT2D eigenvalue weighted by atomic mass is 32.2. The van der Waals surface area contributed by atoms with E-state index in [2.05, 4.69) is 60.6 Å². The molecule has 21 heavy (non-hydrogen) atoms. The zero-order valence-corrected chi connectivity index (χ0v) is 13.0. The van der Waals surface area contributed by atoms with Crippen molar-refractivity contribution in [2.45, 2.75) is 29.6 Å². The molecule has 0 bridgehead atoms. The monoisotopic (exact) mass is 296 g/mol. The highest BCUT2D eigenvalue weighted by Gasteiger charge is 2.09. The van der Waals surface area contributed by atoms with Gasteiger partial charge in [0.15, 0.2) is 0 Å². The fourth-order valence-electron chi connectivity index (χ4n) is 2.65. The van der Waals surface area contributed by atoms with E-state index in [0.29, 0.717) is 6.54 Å². The van der Waals surface area contributed by atoms with Crippen molar-refractivity contribution in [3.63, 3.8) is 0 Å². The van der Waals surface area contributed by atoms with E-state index in [1.165, 1.54) is 31.8 Å². The molecule has 1 aromatic heterocycles. The van der Waals surface area contributed by atoms with Gasteiger partial charge in [-0.3, -0.25) is 0 Å². The van der Waals surface area contributed by atoms with E-state index in [4.69, 9.17) is 5.73 Å². The Balaban J connectivity index is 1.99. The van der Waals surface area contributed by atoms with E-state index in [0.717, 1.165) is 12.8 Å². The lowest BCUT2D eigenvalue weighted by Gasteiger charge is -2.07. The van der Waals surface area contributed by atoms with E-state index >= 15 is 0 Å². The first-order valence-electron chi connectivity index (χ1n) is 7.38. The summed E-state index contributed by atoms with van der Waals surface area (Å²) in [7, 11) is 0. The molecule has 1 heterocycles. The number of H-pyrrole nitrogens is 1. The van der Waals surface area contributed by atoms with Crippen molar-refractivity contribution in [3.05, 3.63) is 59.8 Å². The first kappa shape index (κ1) is 14.2. The molecule has 3 aromatic rings. The molecule has 0 radical (unpaired) electrons. The number of fused-ring (bicyclic) bond motifs is 1. The maximum atomic E-state index is 5.72. The van der Waals surface area contributed by atoms with Crippen LogP contribution in [0.4, 0.5) is 0 Å². The first-order chi connectivity index (χ1) is 10.3. The van der Waals surface area contributed by atoms with Crippen molar-refractivity contribution in [1.29, 1.82) is 0 Å².